The van der Waals surface area contributed by atoms with Gasteiger partial charge in [-0.05, 0) is 37.1 Å². The van der Waals surface area contributed by atoms with Crippen LogP contribution in [0, 0.1) is 0 Å². The molecule has 98 valence electrons. The summed E-state index contributed by atoms with van der Waals surface area (Å²) in [5.41, 5.74) is 1.22. The fraction of sp³-hybridized carbons (Fsp3) is 0.500. The number of carbonyl (C=O) groups is 1. The van der Waals surface area contributed by atoms with Crippen LogP contribution in [0.25, 0.3) is 0 Å². The van der Waals surface area contributed by atoms with Gasteiger partial charge >= 0.3 is 5.97 Å². The highest BCUT2D eigenvalue weighted by Gasteiger charge is 2.26. The second kappa shape index (κ2) is 5.87. The van der Waals surface area contributed by atoms with Gasteiger partial charge in [0.25, 0.3) is 0 Å². The van der Waals surface area contributed by atoms with Gasteiger partial charge in [0.2, 0.25) is 0 Å². The van der Waals surface area contributed by atoms with Crippen LogP contribution in [0.3, 0.4) is 0 Å². The molecule has 0 bridgehead atoms. The van der Waals surface area contributed by atoms with Crippen molar-refractivity contribution in [2.75, 3.05) is 20.2 Å². The average molecular weight is 249 g/mol. The van der Waals surface area contributed by atoms with Crippen molar-refractivity contribution in [1.82, 2.24) is 4.90 Å². The molecule has 0 unspecified atom stereocenters. The Kier molecular flexibility index (Phi) is 4.20. The number of carboxylic acid groups (broad SMARTS) is 1. The van der Waals surface area contributed by atoms with E-state index in [1.54, 1.807) is 7.11 Å². The van der Waals surface area contributed by atoms with E-state index in [-0.39, 0.29) is 6.42 Å². The minimum Gasteiger partial charge on any atom is -0.497 e. The summed E-state index contributed by atoms with van der Waals surface area (Å²) < 4.78 is 5.24. The van der Waals surface area contributed by atoms with Crippen molar-refractivity contribution in [1.29, 1.82) is 0 Å². The van der Waals surface area contributed by atoms with E-state index in [0.29, 0.717) is 12.6 Å². The lowest BCUT2D eigenvalue weighted by Crippen LogP contribution is -2.26. The summed E-state index contributed by atoms with van der Waals surface area (Å²) in [6.45, 7) is 1.60. The Bertz CT molecular complexity index is 419. The molecule has 4 nitrogen and oxygen atoms in total. The number of aliphatic carboxylic acids is 1. The van der Waals surface area contributed by atoms with Crippen molar-refractivity contribution in [2.45, 2.75) is 25.3 Å². The summed E-state index contributed by atoms with van der Waals surface area (Å²) in [6, 6.07) is 8.39. The van der Waals surface area contributed by atoms with Crippen LogP contribution >= 0.6 is 0 Å². The predicted octanol–water partition coefficient (Wildman–Crippen LogP) is 2.31. The molecule has 1 N–H and O–H groups in total. The van der Waals surface area contributed by atoms with Crippen LogP contribution in [0.15, 0.2) is 24.3 Å². The lowest BCUT2D eigenvalue weighted by Gasteiger charge is -2.24. The zero-order chi connectivity index (χ0) is 13.0. The van der Waals surface area contributed by atoms with Gasteiger partial charge in [0.15, 0.2) is 0 Å². The normalized spacial score (nSPS) is 19.9. The smallest absolute Gasteiger partial charge is 0.304 e. The molecule has 1 aliphatic rings. The van der Waals surface area contributed by atoms with E-state index in [1.165, 1.54) is 5.56 Å². The second-order valence-electron chi connectivity index (χ2n) is 4.61. The quantitative estimate of drug-likeness (QED) is 0.870. The Hall–Kier alpha value is -1.55. The summed E-state index contributed by atoms with van der Waals surface area (Å²) in [5, 5.41) is 8.77. The van der Waals surface area contributed by atoms with E-state index in [9.17, 15) is 4.79 Å². The average Bonchev–Trinajstić information content (AvgIpc) is 2.84. The molecule has 1 aromatic rings. The van der Waals surface area contributed by atoms with Crippen LogP contribution in [0.1, 0.15) is 30.9 Å². The number of benzene rings is 1. The lowest BCUT2D eigenvalue weighted by molar-refractivity contribution is -0.137. The number of hydrogen-bond donors (Lipinski definition) is 1. The first-order valence-corrected chi connectivity index (χ1v) is 6.30. The van der Waals surface area contributed by atoms with Gasteiger partial charge in [-0.2, -0.15) is 0 Å². The Morgan fingerprint density at radius 1 is 1.56 bits per heavy atom. The van der Waals surface area contributed by atoms with Crippen LogP contribution in [-0.2, 0) is 4.79 Å². The van der Waals surface area contributed by atoms with E-state index < -0.39 is 5.97 Å². The zero-order valence-corrected chi connectivity index (χ0v) is 10.6. The predicted molar refractivity (Wildman–Crippen MR) is 68.8 cm³/mol. The van der Waals surface area contributed by atoms with E-state index >= 15 is 0 Å². The first kappa shape index (κ1) is 12.9. The monoisotopic (exact) mass is 249 g/mol. The van der Waals surface area contributed by atoms with Gasteiger partial charge < -0.3 is 9.84 Å². The maximum Gasteiger partial charge on any atom is 0.304 e. The molecular formula is C14H19NO3. The molecular weight excluding hydrogens is 230 g/mol. The number of rotatable bonds is 5. The molecule has 1 aromatic carbocycles. The minimum atomic E-state index is -0.730. The second-order valence-corrected chi connectivity index (χ2v) is 4.61. The number of likely N-dealkylation sites (tertiary alicyclic amines) is 1. The number of methoxy groups -OCH3 is 1. The van der Waals surface area contributed by atoms with Crippen molar-refractivity contribution >= 4 is 5.97 Å². The fourth-order valence-electron chi connectivity index (χ4n) is 2.56. The molecule has 1 aliphatic heterocycles. The molecule has 0 saturated carbocycles. The van der Waals surface area contributed by atoms with Crippen LogP contribution in [0.4, 0.5) is 0 Å². The van der Waals surface area contributed by atoms with Crippen molar-refractivity contribution in [3.63, 3.8) is 0 Å². The van der Waals surface area contributed by atoms with Gasteiger partial charge in [0.1, 0.15) is 5.75 Å². The molecule has 1 heterocycles. The molecule has 0 aromatic heterocycles. The zero-order valence-electron chi connectivity index (χ0n) is 10.6. The van der Waals surface area contributed by atoms with E-state index in [2.05, 4.69) is 11.0 Å². The van der Waals surface area contributed by atoms with Crippen LogP contribution < -0.4 is 4.74 Å². The molecule has 0 amide bonds. The third-order valence-electron chi connectivity index (χ3n) is 3.46. The van der Waals surface area contributed by atoms with Crippen LogP contribution in [0.5, 0.6) is 5.75 Å². The molecule has 0 aliphatic carbocycles. The Labute approximate surface area is 107 Å². The number of hydrogen-bond acceptors (Lipinski definition) is 3. The Morgan fingerprint density at radius 3 is 3.11 bits per heavy atom. The molecule has 18 heavy (non-hydrogen) atoms. The van der Waals surface area contributed by atoms with Gasteiger partial charge in [0, 0.05) is 12.6 Å². The third-order valence-corrected chi connectivity index (χ3v) is 3.46. The van der Waals surface area contributed by atoms with Gasteiger partial charge in [-0.15, -0.1) is 0 Å². The van der Waals surface area contributed by atoms with Gasteiger partial charge in [-0.1, -0.05) is 12.1 Å². The maximum absolute atomic E-state index is 10.7. The molecule has 4 heteroatoms. The summed E-state index contributed by atoms with van der Waals surface area (Å²) >= 11 is 0. The van der Waals surface area contributed by atoms with Crippen LogP contribution in [0.2, 0.25) is 0 Å². The van der Waals surface area contributed by atoms with Gasteiger partial charge in [0.05, 0.1) is 13.5 Å². The van der Waals surface area contributed by atoms with Crippen molar-refractivity contribution in [3.05, 3.63) is 29.8 Å². The Balaban J connectivity index is 2.07. The van der Waals surface area contributed by atoms with Crippen molar-refractivity contribution in [3.8, 4) is 5.75 Å². The van der Waals surface area contributed by atoms with E-state index in [0.717, 1.165) is 25.1 Å². The SMILES string of the molecule is COc1cccc([C@H]2CCCN2CCC(=O)O)c1. The molecule has 0 spiro atoms. The van der Waals surface area contributed by atoms with Crippen molar-refractivity contribution in [2.24, 2.45) is 0 Å². The molecule has 1 saturated heterocycles. The molecule has 0 radical (unpaired) electrons. The Morgan fingerprint density at radius 2 is 2.39 bits per heavy atom. The highest BCUT2D eigenvalue weighted by Crippen LogP contribution is 2.33. The fourth-order valence-corrected chi connectivity index (χ4v) is 2.56. The molecule has 1 fully saturated rings. The van der Waals surface area contributed by atoms with E-state index in [4.69, 9.17) is 9.84 Å². The summed E-state index contributed by atoms with van der Waals surface area (Å²) in [7, 11) is 1.66. The summed E-state index contributed by atoms with van der Waals surface area (Å²) in [6.07, 6.45) is 2.43. The number of carboxylic acids is 1. The summed E-state index contributed by atoms with van der Waals surface area (Å²) in [4.78, 5) is 12.9. The number of nitrogens with zero attached hydrogens (tertiary/aromatic N) is 1. The topological polar surface area (TPSA) is 49.8 Å². The standard InChI is InChI=1S/C14H19NO3/c1-18-12-5-2-4-11(10-12)13-6-3-8-15(13)9-7-14(16)17/h2,4-5,10,13H,3,6-9H2,1H3,(H,16,17)/t13-/m1/s1. The molecule has 1 atom stereocenters. The van der Waals surface area contributed by atoms with Gasteiger partial charge in [-0.25, -0.2) is 0 Å². The first-order valence-electron chi connectivity index (χ1n) is 6.30. The first-order chi connectivity index (χ1) is 8.70. The third kappa shape index (κ3) is 3.01. The highest BCUT2D eigenvalue weighted by molar-refractivity contribution is 5.66. The highest BCUT2D eigenvalue weighted by atomic mass is 16.5. The summed E-state index contributed by atoms with van der Waals surface area (Å²) in [5.74, 6) is 0.129. The minimum absolute atomic E-state index is 0.209. The van der Waals surface area contributed by atoms with Crippen LogP contribution in [-0.4, -0.2) is 36.2 Å². The molecule has 2 rings (SSSR count). The van der Waals surface area contributed by atoms with E-state index in [1.807, 2.05) is 18.2 Å². The number of ether oxygens (including phenoxy) is 1. The van der Waals surface area contributed by atoms with Crippen molar-refractivity contribution < 1.29 is 14.6 Å². The lowest BCUT2D eigenvalue weighted by atomic mass is 10.0. The van der Waals surface area contributed by atoms with Gasteiger partial charge in [-0.3, -0.25) is 9.69 Å². The largest absolute Gasteiger partial charge is 0.497 e. The maximum atomic E-state index is 10.7.